The highest BCUT2D eigenvalue weighted by Crippen LogP contribution is 2.21. The third kappa shape index (κ3) is 4.40. The first kappa shape index (κ1) is 18.4. The summed E-state index contributed by atoms with van der Waals surface area (Å²) in [6.45, 7) is 5.15. The van der Waals surface area contributed by atoms with Crippen LogP contribution in [0.3, 0.4) is 0 Å². The third-order valence-electron chi connectivity index (χ3n) is 3.50. The van der Waals surface area contributed by atoms with Gasteiger partial charge in [-0.15, -0.1) is 0 Å². The summed E-state index contributed by atoms with van der Waals surface area (Å²) in [6, 6.07) is 3.82. The topological polar surface area (TPSA) is 53.5 Å². The smallest absolute Gasteiger partial charge is 0.244 e. The predicted molar refractivity (Wildman–Crippen MR) is 90.6 cm³/mol. The second-order valence-corrected chi connectivity index (χ2v) is 7.94. The lowest BCUT2D eigenvalue weighted by molar-refractivity contribution is 0.520. The molecule has 1 aromatic heterocycles. The van der Waals surface area contributed by atoms with Crippen LogP contribution in [0.5, 0.6) is 0 Å². The van der Waals surface area contributed by atoms with E-state index in [1.165, 1.54) is 24.6 Å². The first-order valence-electron chi connectivity index (χ1n) is 7.09. The molecule has 0 saturated heterocycles. The Morgan fingerprint density at radius 2 is 1.86 bits per heavy atom. The van der Waals surface area contributed by atoms with E-state index in [0.29, 0.717) is 6.04 Å². The predicted octanol–water partition coefficient (Wildman–Crippen LogP) is 2.72. The molecule has 1 aromatic rings. The molecule has 120 valence electrons. The standard InChI is InChI=1S/C14H24BrN3O2S/c1-5-12(6-2)18(10-9-15)14-8-7-13(11-16-14)21(19,20)17(3)4/h7-8,11-12H,5-6,9-10H2,1-4H3. The van der Waals surface area contributed by atoms with E-state index in [2.05, 4.69) is 39.7 Å². The van der Waals surface area contributed by atoms with E-state index in [-0.39, 0.29) is 4.90 Å². The number of alkyl halides is 1. The minimum Gasteiger partial charge on any atom is -0.353 e. The fourth-order valence-corrected chi connectivity index (χ4v) is 3.44. The van der Waals surface area contributed by atoms with Gasteiger partial charge in [0.25, 0.3) is 0 Å². The Morgan fingerprint density at radius 1 is 1.24 bits per heavy atom. The first-order valence-corrected chi connectivity index (χ1v) is 9.65. The average molecular weight is 378 g/mol. The number of aromatic nitrogens is 1. The summed E-state index contributed by atoms with van der Waals surface area (Å²) >= 11 is 3.47. The van der Waals surface area contributed by atoms with E-state index < -0.39 is 10.0 Å². The summed E-state index contributed by atoms with van der Waals surface area (Å²) in [7, 11) is -0.383. The number of anilines is 1. The number of hydrogen-bond donors (Lipinski definition) is 0. The molecule has 7 heteroatoms. The molecule has 0 aliphatic carbocycles. The molecule has 0 spiro atoms. The lowest BCUT2D eigenvalue weighted by atomic mass is 10.1. The summed E-state index contributed by atoms with van der Waals surface area (Å²) in [5.41, 5.74) is 0. The van der Waals surface area contributed by atoms with Crippen molar-refractivity contribution < 1.29 is 8.42 Å². The minimum absolute atomic E-state index is 0.222. The Labute approximate surface area is 136 Å². The van der Waals surface area contributed by atoms with Crippen molar-refractivity contribution in [1.82, 2.24) is 9.29 Å². The summed E-state index contributed by atoms with van der Waals surface area (Å²) in [4.78, 5) is 6.81. The van der Waals surface area contributed by atoms with Crippen LogP contribution in [0.4, 0.5) is 5.82 Å². The molecule has 0 fully saturated rings. The molecule has 0 aromatic carbocycles. The molecule has 0 saturated carbocycles. The van der Waals surface area contributed by atoms with Crippen LogP contribution in [0.25, 0.3) is 0 Å². The van der Waals surface area contributed by atoms with E-state index >= 15 is 0 Å². The van der Waals surface area contributed by atoms with E-state index in [1.807, 2.05) is 0 Å². The second kappa shape index (κ2) is 8.10. The van der Waals surface area contributed by atoms with Crippen LogP contribution >= 0.6 is 15.9 Å². The molecule has 0 atom stereocenters. The van der Waals surface area contributed by atoms with Gasteiger partial charge in [-0.3, -0.25) is 0 Å². The molecule has 0 amide bonds. The summed E-state index contributed by atoms with van der Waals surface area (Å²) < 4.78 is 25.3. The molecule has 0 aliphatic rings. The van der Waals surface area contributed by atoms with Crippen molar-refractivity contribution in [2.75, 3.05) is 30.9 Å². The fourth-order valence-electron chi connectivity index (χ4n) is 2.21. The highest BCUT2D eigenvalue weighted by Gasteiger charge is 2.20. The van der Waals surface area contributed by atoms with Crippen LogP contribution < -0.4 is 4.90 Å². The number of pyridine rings is 1. The van der Waals surface area contributed by atoms with E-state index in [0.717, 1.165) is 30.5 Å². The van der Waals surface area contributed by atoms with Crippen LogP contribution in [0, 0.1) is 0 Å². The number of sulfonamides is 1. The molecular weight excluding hydrogens is 354 g/mol. The molecule has 0 aliphatic heterocycles. The summed E-state index contributed by atoms with van der Waals surface area (Å²) in [5.74, 6) is 0.820. The summed E-state index contributed by atoms with van der Waals surface area (Å²) in [5, 5.41) is 0.850. The van der Waals surface area contributed by atoms with Gasteiger partial charge in [0.1, 0.15) is 10.7 Å². The third-order valence-corrected chi connectivity index (χ3v) is 5.66. The van der Waals surface area contributed by atoms with Crippen LogP contribution in [-0.2, 0) is 10.0 Å². The normalized spacial score (nSPS) is 12.1. The van der Waals surface area contributed by atoms with E-state index in [1.54, 1.807) is 12.1 Å². The average Bonchev–Trinajstić information content (AvgIpc) is 2.47. The van der Waals surface area contributed by atoms with Crippen molar-refractivity contribution in [1.29, 1.82) is 0 Å². The molecule has 21 heavy (non-hydrogen) atoms. The monoisotopic (exact) mass is 377 g/mol. The van der Waals surface area contributed by atoms with Gasteiger partial charge < -0.3 is 4.90 Å². The molecule has 0 radical (unpaired) electrons. The lowest BCUT2D eigenvalue weighted by Gasteiger charge is -2.31. The largest absolute Gasteiger partial charge is 0.353 e. The molecule has 0 N–H and O–H groups in total. The second-order valence-electron chi connectivity index (χ2n) is 4.99. The Morgan fingerprint density at radius 3 is 2.24 bits per heavy atom. The van der Waals surface area contributed by atoms with Crippen molar-refractivity contribution in [3.8, 4) is 0 Å². The van der Waals surface area contributed by atoms with Gasteiger partial charge in [-0.05, 0) is 25.0 Å². The summed E-state index contributed by atoms with van der Waals surface area (Å²) in [6.07, 6.45) is 3.50. The van der Waals surface area contributed by atoms with Crippen molar-refractivity contribution in [2.45, 2.75) is 37.6 Å². The SMILES string of the molecule is CCC(CC)N(CCBr)c1ccc(S(=O)(=O)N(C)C)cn1. The molecule has 0 bridgehead atoms. The molecule has 1 heterocycles. The Bertz CT molecular complexity index is 528. The van der Waals surface area contributed by atoms with Gasteiger partial charge in [0.2, 0.25) is 10.0 Å². The van der Waals surface area contributed by atoms with Crippen molar-refractivity contribution >= 4 is 31.8 Å². The Balaban J connectivity index is 3.09. The maximum Gasteiger partial charge on any atom is 0.244 e. The van der Waals surface area contributed by atoms with Crippen LogP contribution in [0.2, 0.25) is 0 Å². The molecular formula is C14H24BrN3O2S. The highest BCUT2D eigenvalue weighted by molar-refractivity contribution is 9.09. The van der Waals surface area contributed by atoms with Gasteiger partial charge in [0, 0.05) is 38.2 Å². The molecule has 5 nitrogen and oxygen atoms in total. The van der Waals surface area contributed by atoms with Gasteiger partial charge in [0.15, 0.2) is 0 Å². The molecule has 0 unspecified atom stereocenters. The maximum absolute atomic E-state index is 12.0. The van der Waals surface area contributed by atoms with Gasteiger partial charge >= 0.3 is 0 Å². The van der Waals surface area contributed by atoms with Crippen LogP contribution in [-0.4, -0.2) is 49.7 Å². The van der Waals surface area contributed by atoms with Crippen molar-refractivity contribution in [3.05, 3.63) is 18.3 Å². The zero-order valence-corrected chi connectivity index (χ0v) is 15.5. The zero-order chi connectivity index (χ0) is 16.0. The lowest BCUT2D eigenvalue weighted by Crippen LogP contribution is -2.36. The van der Waals surface area contributed by atoms with Gasteiger partial charge in [-0.1, -0.05) is 29.8 Å². The van der Waals surface area contributed by atoms with E-state index in [4.69, 9.17) is 0 Å². The number of hydrogen-bond acceptors (Lipinski definition) is 4. The molecule has 1 rings (SSSR count). The van der Waals surface area contributed by atoms with Gasteiger partial charge in [0.05, 0.1) is 0 Å². The number of nitrogens with zero attached hydrogens (tertiary/aromatic N) is 3. The minimum atomic E-state index is -3.42. The zero-order valence-electron chi connectivity index (χ0n) is 13.1. The van der Waals surface area contributed by atoms with Crippen molar-refractivity contribution in [2.24, 2.45) is 0 Å². The van der Waals surface area contributed by atoms with Crippen LogP contribution in [0.15, 0.2) is 23.2 Å². The fraction of sp³-hybridized carbons (Fsp3) is 0.643. The number of rotatable bonds is 8. The van der Waals surface area contributed by atoms with Gasteiger partial charge in [-0.25, -0.2) is 17.7 Å². The van der Waals surface area contributed by atoms with Gasteiger partial charge in [-0.2, -0.15) is 0 Å². The van der Waals surface area contributed by atoms with Crippen molar-refractivity contribution in [3.63, 3.8) is 0 Å². The highest BCUT2D eigenvalue weighted by atomic mass is 79.9. The maximum atomic E-state index is 12.0. The van der Waals surface area contributed by atoms with Crippen LogP contribution in [0.1, 0.15) is 26.7 Å². The number of halogens is 1. The Kier molecular flexibility index (Phi) is 7.09. The quantitative estimate of drug-likeness (QED) is 0.653. The van der Waals surface area contributed by atoms with E-state index in [9.17, 15) is 8.42 Å². The first-order chi connectivity index (χ1) is 9.88. The Hall–Kier alpha value is -0.660.